The van der Waals surface area contributed by atoms with Crippen molar-refractivity contribution < 1.29 is 5.11 Å². The van der Waals surface area contributed by atoms with Crippen LogP contribution in [0.25, 0.3) is 11.3 Å². The second-order valence-electron chi connectivity index (χ2n) is 7.96. The van der Waals surface area contributed by atoms with Crippen molar-refractivity contribution in [2.24, 2.45) is 17.8 Å². The van der Waals surface area contributed by atoms with Gasteiger partial charge in [0.25, 0.3) is 0 Å². The van der Waals surface area contributed by atoms with Gasteiger partial charge in [0, 0.05) is 51.4 Å². The van der Waals surface area contributed by atoms with Crippen molar-refractivity contribution in [1.82, 2.24) is 20.4 Å². The third-order valence-electron chi connectivity index (χ3n) is 6.37. The average molecular weight is 366 g/mol. The number of nitrogen functional groups attached to an aromatic ring is 1. The number of piperazine rings is 1. The molecule has 27 heavy (non-hydrogen) atoms. The quantitative estimate of drug-likeness (QED) is 0.744. The maximum absolute atomic E-state index is 10.1. The molecule has 1 aromatic heterocycles. The van der Waals surface area contributed by atoms with Gasteiger partial charge in [0.1, 0.15) is 5.75 Å². The van der Waals surface area contributed by atoms with E-state index in [1.54, 1.807) is 12.1 Å². The molecular formula is C20H26N6O. The molecule has 0 spiro atoms. The summed E-state index contributed by atoms with van der Waals surface area (Å²) in [7, 11) is 0. The van der Waals surface area contributed by atoms with E-state index in [9.17, 15) is 5.11 Å². The Balaban J connectivity index is 1.28. The summed E-state index contributed by atoms with van der Waals surface area (Å²) >= 11 is 0. The number of aromatic nitrogens is 2. The molecule has 2 saturated heterocycles. The minimum Gasteiger partial charge on any atom is -0.507 e. The van der Waals surface area contributed by atoms with Gasteiger partial charge in [-0.2, -0.15) is 0 Å². The maximum Gasteiger partial charge on any atom is 0.169 e. The Morgan fingerprint density at radius 3 is 2.59 bits per heavy atom. The highest BCUT2D eigenvalue weighted by Crippen LogP contribution is 2.53. The Morgan fingerprint density at radius 2 is 1.85 bits per heavy atom. The van der Waals surface area contributed by atoms with E-state index in [2.05, 4.69) is 25.3 Å². The van der Waals surface area contributed by atoms with Crippen LogP contribution >= 0.6 is 0 Å². The number of phenols is 1. The molecule has 2 aromatic rings. The van der Waals surface area contributed by atoms with Crippen molar-refractivity contribution in [3.8, 4) is 17.0 Å². The summed E-state index contributed by atoms with van der Waals surface area (Å²) in [4.78, 5) is 4.94. The molecule has 3 fully saturated rings. The first kappa shape index (κ1) is 16.8. The molecule has 142 valence electrons. The molecular weight excluding hydrogens is 340 g/mol. The molecule has 0 amide bonds. The number of anilines is 2. The SMILES string of the molecule is Nc1nnc(-c2ccccc2O)cc1N1C[C@@H]2C(CN3CCNCC3)[C@@H]2C1. The van der Waals surface area contributed by atoms with E-state index >= 15 is 0 Å². The van der Waals surface area contributed by atoms with Crippen LogP contribution in [0.5, 0.6) is 5.75 Å². The van der Waals surface area contributed by atoms with Crippen LogP contribution in [0.15, 0.2) is 30.3 Å². The number of hydrogen-bond acceptors (Lipinski definition) is 7. The smallest absolute Gasteiger partial charge is 0.169 e. The van der Waals surface area contributed by atoms with E-state index in [4.69, 9.17) is 5.73 Å². The van der Waals surface area contributed by atoms with Crippen molar-refractivity contribution >= 4 is 11.5 Å². The van der Waals surface area contributed by atoms with Gasteiger partial charge in [0.15, 0.2) is 5.82 Å². The van der Waals surface area contributed by atoms with Gasteiger partial charge >= 0.3 is 0 Å². The van der Waals surface area contributed by atoms with E-state index in [1.807, 2.05) is 18.2 Å². The van der Waals surface area contributed by atoms with Crippen LogP contribution in [-0.4, -0.2) is 66.0 Å². The topological polar surface area (TPSA) is 90.5 Å². The number of nitrogens with one attached hydrogen (secondary N) is 1. The number of fused-ring (bicyclic) bond motifs is 1. The van der Waals surface area contributed by atoms with Crippen LogP contribution in [0, 0.1) is 17.8 Å². The highest BCUT2D eigenvalue weighted by molar-refractivity contribution is 5.74. The van der Waals surface area contributed by atoms with Crippen LogP contribution in [0.2, 0.25) is 0 Å². The monoisotopic (exact) mass is 366 g/mol. The van der Waals surface area contributed by atoms with Gasteiger partial charge in [0.05, 0.1) is 11.4 Å². The van der Waals surface area contributed by atoms with E-state index < -0.39 is 0 Å². The predicted molar refractivity (Wildman–Crippen MR) is 106 cm³/mol. The van der Waals surface area contributed by atoms with Crippen LogP contribution in [0.1, 0.15) is 0 Å². The van der Waals surface area contributed by atoms with Crippen molar-refractivity contribution in [3.05, 3.63) is 30.3 Å². The highest BCUT2D eigenvalue weighted by atomic mass is 16.3. The summed E-state index contributed by atoms with van der Waals surface area (Å²) in [5.41, 5.74) is 8.43. The Morgan fingerprint density at radius 1 is 1.11 bits per heavy atom. The van der Waals surface area contributed by atoms with Crippen molar-refractivity contribution in [2.75, 3.05) is 56.4 Å². The lowest BCUT2D eigenvalue weighted by Gasteiger charge is -2.29. The first-order valence-electron chi connectivity index (χ1n) is 9.80. The number of phenolic OH excluding ortho intramolecular Hbond substituents is 1. The Labute approximate surface area is 159 Å². The third-order valence-corrected chi connectivity index (χ3v) is 6.37. The van der Waals surface area contributed by atoms with Crippen LogP contribution in [-0.2, 0) is 0 Å². The van der Waals surface area contributed by atoms with Gasteiger partial charge in [-0.1, -0.05) is 12.1 Å². The second kappa shape index (κ2) is 6.65. The molecule has 5 rings (SSSR count). The molecule has 1 unspecified atom stereocenters. The number of nitrogens with zero attached hydrogens (tertiary/aromatic N) is 4. The van der Waals surface area contributed by atoms with E-state index in [0.29, 0.717) is 17.1 Å². The summed E-state index contributed by atoms with van der Waals surface area (Å²) < 4.78 is 0. The first-order valence-corrected chi connectivity index (χ1v) is 9.80. The lowest BCUT2D eigenvalue weighted by molar-refractivity contribution is 0.224. The number of aromatic hydroxyl groups is 1. The fourth-order valence-electron chi connectivity index (χ4n) is 4.78. The number of hydrogen-bond donors (Lipinski definition) is 3. The number of piperidine rings is 1. The summed E-state index contributed by atoms with van der Waals surface area (Å²) in [6, 6.07) is 9.17. The Hall–Kier alpha value is -2.38. The lowest BCUT2D eigenvalue weighted by atomic mass is 10.1. The number of rotatable bonds is 4. The first-order chi connectivity index (χ1) is 13.2. The van der Waals surface area contributed by atoms with Crippen LogP contribution < -0.4 is 16.0 Å². The molecule has 4 N–H and O–H groups in total. The van der Waals surface area contributed by atoms with Crippen molar-refractivity contribution in [2.45, 2.75) is 0 Å². The highest BCUT2D eigenvalue weighted by Gasteiger charge is 2.56. The zero-order chi connectivity index (χ0) is 18.4. The van der Waals surface area contributed by atoms with Gasteiger partial charge in [-0.15, -0.1) is 10.2 Å². The molecule has 0 radical (unpaired) electrons. The Kier molecular flexibility index (Phi) is 4.13. The molecule has 3 heterocycles. The zero-order valence-corrected chi connectivity index (χ0v) is 15.4. The largest absolute Gasteiger partial charge is 0.507 e. The van der Waals surface area contributed by atoms with Crippen LogP contribution in [0.4, 0.5) is 11.5 Å². The number of benzene rings is 1. The summed E-state index contributed by atoms with van der Waals surface area (Å²) in [6.45, 7) is 7.88. The molecule has 7 heteroatoms. The maximum atomic E-state index is 10.1. The lowest BCUT2D eigenvalue weighted by Crippen LogP contribution is -2.44. The fourth-order valence-corrected chi connectivity index (χ4v) is 4.78. The van der Waals surface area contributed by atoms with Gasteiger partial charge in [-0.05, 0) is 36.0 Å². The fraction of sp³-hybridized carbons (Fsp3) is 0.500. The molecule has 1 aromatic carbocycles. The molecule has 3 aliphatic rings. The standard InChI is InChI=1S/C20H26N6O/c21-20-18(9-17(23-24-20)13-3-1-2-4-19(13)27)26-11-15-14(16(15)12-26)10-25-7-5-22-6-8-25/h1-4,9,14-16,22,27H,5-8,10-12H2,(H2,21,24)/t14?,15-,16+. The minimum atomic E-state index is 0.211. The number of para-hydroxylation sites is 1. The zero-order valence-electron chi connectivity index (χ0n) is 15.4. The number of nitrogens with two attached hydrogens (primary N) is 1. The summed E-state index contributed by atoms with van der Waals surface area (Å²) in [5.74, 6) is 3.03. The molecule has 0 bridgehead atoms. The Bertz CT molecular complexity index is 825. The van der Waals surface area contributed by atoms with Crippen molar-refractivity contribution in [3.63, 3.8) is 0 Å². The normalized spacial score (nSPS) is 27.6. The van der Waals surface area contributed by atoms with E-state index in [1.165, 1.54) is 19.6 Å². The third kappa shape index (κ3) is 3.11. The molecule has 2 aliphatic heterocycles. The van der Waals surface area contributed by atoms with Gasteiger partial charge in [-0.25, -0.2) is 0 Å². The van der Waals surface area contributed by atoms with Gasteiger partial charge in [0.2, 0.25) is 0 Å². The minimum absolute atomic E-state index is 0.211. The molecule has 1 aliphatic carbocycles. The second-order valence-corrected chi connectivity index (χ2v) is 7.96. The summed E-state index contributed by atoms with van der Waals surface area (Å²) in [5, 5.41) is 21.9. The van der Waals surface area contributed by atoms with Crippen molar-refractivity contribution in [1.29, 1.82) is 0 Å². The van der Waals surface area contributed by atoms with Crippen LogP contribution in [0.3, 0.4) is 0 Å². The summed E-state index contributed by atoms with van der Waals surface area (Å²) in [6.07, 6.45) is 0. The van der Waals surface area contributed by atoms with E-state index in [-0.39, 0.29) is 5.75 Å². The van der Waals surface area contributed by atoms with Gasteiger partial charge in [-0.3, -0.25) is 0 Å². The molecule has 3 atom stereocenters. The molecule has 7 nitrogen and oxygen atoms in total. The van der Waals surface area contributed by atoms with E-state index in [0.717, 1.165) is 49.6 Å². The van der Waals surface area contributed by atoms with Gasteiger partial charge < -0.3 is 26.0 Å². The average Bonchev–Trinajstić information content (AvgIpc) is 3.12. The molecule has 1 saturated carbocycles. The predicted octanol–water partition coefficient (Wildman–Crippen LogP) is 1.02.